The molecule has 31 heavy (non-hydrogen) atoms. The van der Waals surface area contributed by atoms with Crippen LogP contribution in [0.25, 0.3) is 0 Å². The predicted octanol–water partition coefficient (Wildman–Crippen LogP) is 5.86. The van der Waals surface area contributed by atoms with Crippen molar-refractivity contribution in [2.45, 2.75) is 26.4 Å². The molecule has 0 saturated carbocycles. The molecular weight excluding hydrogens is 460 g/mol. The summed E-state index contributed by atoms with van der Waals surface area (Å²) in [6.07, 6.45) is 0.649. The third-order valence-electron chi connectivity index (χ3n) is 4.28. The molecule has 3 aromatic carbocycles. The Morgan fingerprint density at radius 1 is 0.871 bits per heavy atom. The van der Waals surface area contributed by atoms with E-state index in [1.54, 1.807) is 36.4 Å². The molecule has 3 aromatic rings. The fourth-order valence-corrected chi connectivity index (χ4v) is 3.29. The standard InChI is InChI=1S/C25H23BrO5/c1-17(2)30-23-12-11-20(16-22(23)26)25(28)31-21-10-6-9-19(15-21)24(27)29-14-13-18-7-4-3-5-8-18/h3-12,15-17H,13-14H2,1-2H3. The van der Waals surface area contributed by atoms with Crippen molar-refractivity contribution in [1.29, 1.82) is 0 Å². The van der Waals surface area contributed by atoms with Gasteiger partial charge in [0.25, 0.3) is 0 Å². The Hall–Kier alpha value is -3.12. The maximum atomic E-state index is 12.5. The zero-order valence-electron chi connectivity index (χ0n) is 17.3. The van der Waals surface area contributed by atoms with Gasteiger partial charge in [-0.3, -0.25) is 0 Å². The molecule has 5 nitrogen and oxygen atoms in total. The smallest absolute Gasteiger partial charge is 0.343 e. The van der Waals surface area contributed by atoms with Crippen molar-refractivity contribution in [3.05, 3.63) is 94.0 Å². The van der Waals surface area contributed by atoms with Gasteiger partial charge in [-0.05, 0) is 71.7 Å². The largest absolute Gasteiger partial charge is 0.490 e. The predicted molar refractivity (Wildman–Crippen MR) is 122 cm³/mol. The maximum Gasteiger partial charge on any atom is 0.343 e. The summed E-state index contributed by atoms with van der Waals surface area (Å²) < 4.78 is 17.1. The molecule has 0 bridgehead atoms. The SMILES string of the molecule is CC(C)Oc1ccc(C(=O)Oc2cccc(C(=O)OCCc3ccccc3)c2)cc1Br. The van der Waals surface area contributed by atoms with Gasteiger partial charge in [0, 0.05) is 6.42 Å². The minimum atomic E-state index is -0.536. The van der Waals surface area contributed by atoms with E-state index < -0.39 is 11.9 Å². The van der Waals surface area contributed by atoms with Crippen LogP contribution in [0.1, 0.15) is 40.1 Å². The van der Waals surface area contributed by atoms with E-state index >= 15 is 0 Å². The highest BCUT2D eigenvalue weighted by molar-refractivity contribution is 9.10. The fourth-order valence-electron chi connectivity index (χ4n) is 2.82. The number of hydrogen-bond donors (Lipinski definition) is 0. The molecule has 0 aromatic heterocycles. The lowest BCUT2D eigenvalue weighted by atomic mass is 10.2. The van der Waals surface area contributed by atoms with Gasteiger partial charge in [-0.2, -0.15) is 0 Å². The molecule has 0 unspecified atom stereocenters. The Labute approximate surface area is 190 Å². The molecule has 0 aliphatic carbocycles. The van der Waals surface area contributed by atoms with E-state index in [1.165, 1.54) is 6.07 Å². The van der Waals surface area contributed by atoms with E-state index in [0.29, 0.717) is 27.8 Å². The van der Waals surface area contributed by atoms with Crippen LogP contribution >= 0.6 is 15.9 Å². The second-order valence-electron chi connectivity index (χ2n) is 7.10. The number of esters is 2. The molecule has 6 heteroatoms. The first-order valence-corrected chi connectivity index (χ1v) is 10.7. The van der Waals surface area contributed by atoms with Gasteiger partial charge in [-0.25, -0.2) is 9.59 Å². The molecule has 0 radical (unpaired) electrons. The minimum Gasteiger partial charge on any atom is -0.490 e. The van der Waals surface area contributed by atoms with E-state index in [4.69, 9.17) is 14.2 Å². The molecule has 0 heterocycles. The zero-order chi connectivity index (χ0) is 22.2. The Bertz CT molecular complexity index is 1050. The molecule has 0 saturated heterocycles. The lowest BCUT2D eigenvalue weighted by Crippen LogP contribution is -2.11. The zero-order valence-corrected chi connectivity index (χ0v) is 18.9. The Kier molecular flexibility index (Phi) is 7.84. The van der Waals surface area contributed by atoms with Crippen LogP contribution in [-0.2, 0) is 11.2 Å². The Morgan fingerprint density at radius 2 is 1.61 bits per heavy atom. The van der Waals surface area contributed by atoms with Gasteiger partial charge in [0.05, 0.1) is 28.3 Å². The topological polar surface area (TPSA) is 61.8 Å². The molecule has 0 N–H and O–H groups in total. The highest BCUT2D eigenvalue weighted by Crippen LogP contribution is 2.27. The van der Waals surface area contributed by atoms with Crippen LogP contribution in [0.2, 0.25) is 0 Å². The summed E-state index contributed by atoms with van der Waals surface area (Å²) in [6, 6.07) is 21.1. The molecule has 0 amide bonds. The number of hydrogen-bond acceptors (Lipinski definition) is 5. The van der Waals surface area contributed by atoms with Crippen molar-refractivity contribution in [3.63, 3.8) is 0 Å². The van der Waals surface area contributed by atoms with E-state index in [-0.39, 0.29) is 18.5 Å². The third kappa shape index (κ3) is 6.69. The molecule has 0 fully saturated rings. The lowest BCUT2D eigenvalue weighted by molar-refractivity contribution is 0.0507. The average Bonchev–Trinajstić information content (AvgIpc) is 2.75. The fraction of sp³-hybridized carbons (Fsp3) is 0.200. The van der Waals surface area contributed by atoms with Crippen LogP contribution in [-0.4, -0.2) is 24.6 Å². The van der Waals surface area contributed by atoms with Gasteiger partial charge < -0.3 is 14.2 Å². The summed E-state index contributed by atoms with van der Waals surface area (Å²) in [4.78, 5) is 24.8. The molecule has 0 atom stereocenters. The Balaban J connectivity index is 1.60. The first-order chi connectivity index (χ1) is 14.9. The van der Waals surface area contributed by atoms with Crippen molar-refractivity contribution in [2.75, 3.05) is 6.61 Å². The second kappa shape index (κ2) is 10.8. The van der Waals surface area contributed by atoms with Crippen LogP contribution in [0.3, 0.4) is 0 Å². The summed E-state index contributed by atoms with van der Waals surface area (Å²) in [6.45, 7) is 4.12. The normalized spacial score (nSPS) is 10.6. The molecule has 0 aliphatic rings. The number of halogens is 1. The molecule has 0 aliphatic heterocycles. The van der Waals surface area contributed by atoms with Gasteiger partial charge in [0.1, 0.15) is 11.5 Å². The van der Waals surface area contributed by atoms with Gasteiger partial charge in [0.2, 0.25) is 0 Å². The summed E-state index contributed by atoms with van der Waals surface area (Å²) in [5.41, 5.74) is 1.77. The Morgan fingerprint density at radius 3 is 2.32 bits per heavy atom. The van der Waals surface area contributed by atoms with Crippen molar-refractivity contribution in [2.24, 2.45) is 0 Å². The van der Waals surface area contributed by atoms with Gasteiger partial charge in [0.15, 0.2) is 0 Å². The van der Waals surface area contributed by atoms with Crippen LogP contribution in [0.4, 0.5) is 0 Å². The monoisotopic (exact) mass is 482 g/mol. The quantitative estimate of drug-likeness (QED) is 0.297. The van der Waals surface area contributed by atoms with Crippen LogP contribution in [0.15, 0.2) is 77.3 Å². The first-order valence-electron chi connectivity index (χ1n) is 9.92. The van der Waals surface area contributed by atoms with Crippen molar-refractivity contribution in [3.8, 4) is 11.5 Å². The summed E-state index contributed by atoms with van der Waals surface area (Å²) >= 11 is 3.41. The second-order valence-corrected chi connectivity index (χ2v) is 7.96. The highest BCUT2D eigenvalue weighted by atomic mass is 79.9. The third-order valence-corrected chi connectivity index (χ3v) is 4.90. The molecule has 0 spiro atoms. The van der Waals surface area contributed by atoms with E-state index in [2.05, 4.69) is 15.9 Å². The van der Waals surface area contributed by atoms with E-state index in [1.807, 2.05) is 44.2 Å². The van der Waals surface area contributed by atoms with Gasteiger partial charge in [-0.1, -0.05) is 36.4 Å². The van der Waals surface area contributed by atoms with Crippen molar-refractivity contribution < 1.29 is 23.8 Å². The summed E-state index contributed by atoms with van der Waals surface area (Å²) in [7, 11) is 0. The van der Waals surface area contributed by atoms with Gasteiger partial charge >= 0.3 is 11.9 Å². The summed E-state index contributed by atoms with van der Waals surface area (Å²) in [5, 5.41) is 0. The molecule has 3 rings (SSSR count). The lowest BCUT2D eigenvalue weighted by Gasteiger charge is -2.12. The summed E-state index contributed by atoms with van der Waals surface area (Å²) in [5.74, 6) is -0.0916. The van der Waals surface area contributed by atoms with E-state index in [0.717, 1.165) is 5.56 Å². The number of ether oxygens (including phenoxy) is 3. The van der Waals surface area contributed by atoms with Gasteiger partial charge in [-0.15, -0.1) is 0 Å². The number of carbonyl (C=O) groups excluding carboxylic acids is 2. The highest BCUT2D eigenvalue weighted by Gasteiger charge is 2.14. The average molecular weight is 483 g/mol. The number of carbonyl (C=O) groups is 2. The molecule has 160 valence electrons. The van der Waals surface area contributed by atoms with Crippen LogP contribution in [0, 0.1) is 0 Å². The minimum absolute atomic E-state index is 0.0179. The maximum absolute atomic E-state index is 12.5. The first kappa shape index (κ1) is 22.6. The van der Waals surface area contributed by atoms with Crippen LogP contribution in [0.5, 0.6) is 11.5 Å². The van der Waals surface area contributed by atoms with Crippen molar-refractivity contribution in [1.82, 2.24) is 0 Å². The molecular formula is C25H23BrO5. The number of benzene rings is 3. The van der Waals surface area contributed by atoms with Crippen molar-refractivity contribution >= 4 is 27.9 Å². The van der Waals surface area contributed by atoms with Crippen LogP contribution < -0.4 is 9.47 Å². The van der Waals surface area contributed by atoms with E-state index in [9.17, 15) is 9.59 Å². The number of rotatable bonds is 8.